The van der Waals surface area contributed by atoms with Gasteiger partial charge in [0.05, 0.1) is 25.9 Å². The maximum Gasteiger partial charge on any atom is 0.306 e. The number of carbonyl (C=O) groups is 1. The number of hydrogen-bond donors (Lipinski definition) is 6. The Morgan fingerprint density at radius 1 is 0.837 bits per heavy atom. The first kappa shape index (κ1) is 38.0. The number of aliphatic hydroxyl groups is 6. The van der Waals surface area contributed by atoms with Crippen LogP contribution in [0.25, 0.3) is 0 Å². The number of hydrogen-bond acceptors (Lipinski definition) is 12. The minimum absolute atomic E-state index is 0.147. The van der Waals surface area contributed by atoms with Crippen molar-refractivity contribution < 1.29 is 59.1 Å². The van der Waals surface area contributed by atoms with Gasteiger partial charge < -0.3 is 54.3 Å². The zero-order chi connectivity index (χ0) is 31.6. The van der Waals surface area contributed by atoms with Gasteiger partial charge in [0.2, 0.25) is 0 Å². The van der Waals surface area contributed by atoms with E-state index in [1.54, 1.807) is 6.92 Å². The summed E-state index contributed by atoms with van der Waals surface area (Å²) in [5, 5.41) is 60.8. The van der Waals surface area contributed by atoms with E-state index in [0.29, 0.717) is 6.42 Å². The van der Waals surface area contributed by atoms with Crippen LogP contribution < -0.4 is 0 Å². The van der Waals surface area contributed by atoms with E-state index >= 15 is 0 Å². The van der Waals surface area contributed by atoms with Gasteiger partial charge in [-0.2, -0.15) is 0 Å². The maximum absolute atomic E-state index is 12.5. The minimum atomic E-state index is -1.63. The van der Waals surface area contributed by atoms with Crippen LogP contribution in [-0.2, 0) is 28.5 Å². The fourth-order valence-corrected chi connectivity index (χ4v) is 5.24. The molecule has 10 atom stereocenters. The Balaban J connectivity index is 2.15. The zero-order valence-electron chi connectivity index (χ0n) is 25.9. The first-order valence-electron chi connectivity index (χ1n) is 16.0. The molecule has 3 heterocycles. The third-order valence-electron chi connectivity index (χ3n) is 7.94. The van der Waals surface area contributed by atoms with Gasteiger partial charge in [-0.05, 0) is 52.4 Å². The Kier molecular flexibility index (Phi) is 19.0. The molecule has 3 rings (SSSR count). The standard InChI is InChI=1S/C31H56O12/c1-21-16-14-12-10-8-6-4-3-5-7-9-11-13-15-17-26(36)43-29-25(20-34)42-31(28(38)27(29)37)40-22(2)30(39-21)41-24(19-33)23(35)18-32/h3-4,21-25,27-35,37-38H,5-20H2,1-2H3/b4-3-/t21?,22-,23-,24?,25?,27+,28?,29+,30+,31+/m0/s1. The molecule has 43 heavy (non-hydrogen) atoms. The van der Waals surface area contributed by atoms with E-state index < -0.39 is 81.1 Å². The van der Waals surface area contributed by atoms with Gasteiger partial charge in [0.25, 0.3) is 0 Å². The second-order valence-electron chi connectivity index (χ2n) is 11.7. The number of aliphatic hydroxyl groups excluding tert-OH is 6. The van der Waals surface area contributed by atoms with Crippen molar-refractivity contribution in [3.63, 3.8) is 0 Å². The number of rotatable bonds is 6. The van der Waals surface area contributed by atoms with Gasteiger partial charge in [-0.25, -0.2) is 0 Å². The summed E-state index contributed by atoms with van der Waals surface area (Å²) in [4.78, 5) is 12.5. The van der Waals surface area contributed by atoms with Crippen LogP contribution >= 0.6 is 0 Å². The highest BCUT2D eigenvalue weighted by atomic mass is 16.8. The lowest BCUT2D eigenvalue weighted by molar-refractivity contribution is -0.338. The van der Waals surface area contributed by atoms with Crippen molar-refractivity contribution in [2.75, 3.05) is 19.8 Å². The molecule has 0 aliphatic carbocycles. The predicted molar refractivity (Wildman–Crippen MR) is 157 cm³/mol. The van der Waals surface area contributed by atoms with Crippen molar-refractivity contribution in [1.29, 1.82) is 0 Å². The summed E-state index contributed by atoms with van der Waals surface area (Å²) in [5.74, 6) is -0.552. The topological polar surface area (TPSA) is 185 Å². The largest absolute Gasteiger partial charge is 0.457 e. The molecule has 4 unspecified atom stereocenters. The van der Waals surface area contributed by atoms with E-state index in [1.165, 1.54) is 0 Å². The molecule has 1 fully saturated rings. The Morgan fingerprint density at radius 3 is 2.09 bits per heavy atom. The summed E-state index contributed by atoms with van der Waals surface area (Å²) in [6, 6.07) is 0. The van der Waals surface area contributed by atoms with Gasteiger partial charge in [0.1, 0.15) is 36.6 Å². The smallest absolute Gasteiger partial charge is 0.306 e. The summed E-state index contributed by atoms with van der Waals surface area (Å²) < 4.78 is 29.0. The molecule has 3 aliphatic rings. The van der Waals surface area contributed by atoms with E-state index in [0.717, 1.165) is 70.6 Å². The molecule has 0 spiro atoms. The summed E-state index contributed by atoms with van der Waals surface area (Å²) >= 11 is 0. The zero-order valence-corrected chi connectivity index (χ0v) is 25.9. The summed E-state index contributed by atoms with van der Waals surface area (Å²) in [7, 11) is 0. The lowest BCUT2D eigenvalue weighted by Crippen LogP contribution is -2.61. The van der Waals surface area contributed by atoms with Crippen molar-refractivity contribution in [2.45, 2.75) is 159 Å². The van der Waals surface area contributed by atoms with Gasteiger partial charge in [-0.3, -0.25) is 4.79 Å². The first-order valence-corrected chi connectivity index (χ1v) is 16.0. The van der Waals surface area contributed by atoms with E-state index in [-0.39, 0.29) is 12.5 Å². The highest BCUT2D eigenvalue weighted by molar-refractivity contribution is 5.69. The number of allylic oxidation sites excluding steroid dienone is 2. The van der Waals surface area contributed by atoms with Gasteiger partial charge in [-0.1, -0.05) is 50.7 Å². The number of esters is 1. The van der Waals surface area contributed by atoms with Crippen LogP contribution in [-0.4, -0.2) is 118 Å². The van der Waals surface area contributed by atoms with E-state index in [2.05, 4.69) is 12.2 Å². The highest BCUT2D eigenvalue weighted by Gasteiger charge is 2.48. The second-order valence-corrected chi connectivity index (χ2v) is 11.7. The van der Waals surface area contributed by atoms with E-state index in [4.69, 9.17) is 23.7 Å². The average molecular weight is 621 g/mol. The van der Waals surface area contributed by atoms with Gasteiger partial charge >= 0.3 is 5.97 Å². The van der Waals surface area contributed by atoms with Crippen LogP contribution in [0.2, 0.25) is 0 Å². The van der Waals surface area contributed by atoms with Crippen LogP contribution in [0, 0.1) is 0 Å². The molecular formula is C31H56O12. The van der Waals surface area contributed by atoms with E-state index in [9.17, 15) is 35.4 Å². The molecule has 1 saturated heterocycles. The normalized spacial score (nSPS) is 36.0. The Morgan fingerprint density at radius 2 is 1.47 bits per heavy atom. The number of ether oxygens (including phenoxy) is 5. The molecule has 12 nitrogen and oxygen atoms in total. The third-order valence-corrected chi connectivity index (χ3v) is 7.94. The third kappa shape index (κ3) is 13.8. The number of fused-ring (bicyclic) bond motifs is 22. The van der Waals surface area contributed by atoms with Crippen molar-refractivity contribution in [3.8, 4) is 0 Å². The first-order chi connectivity index (χ1) is 20.7. The van der Waals surface area contributed by atoms with Crippen molar-refractivity contribution in [1.82, 2.24) is 0 Å². The molecule has 12 heteroatoms. The molecule has 2 bridgehead atoms. The van der Waals surface area contributed by atoms with E-state index in [1.807, 2.05) is 6.92 Å². The fraction of sp³-hybridized carbons (Fsp3) is 0.903. The lowest BCUT2D eigenvalue weighted by Gasteiger charge is -2.43. The van der Waals surface area contributed by atoms with Gasteiger partial charge in [0.15, 0.2) is 18.7 Å². The fourth-order valence-electron chi connectivity index (χ4n) is 5.24. The van der Waals surface area contributed by atoms with Crippen molar-refractivity contribution in [3.05, 3.63) is 12.2 Å². The summed E-state index contributed by atoms with van der Waals surface area (Å²) in [5.41, 5.74) is 0. The van der Waals surface area contributed by atoms with Crippen LogP contribution in [0.1, 0.15) is 97.3 Å². The molecule has 3 aliphatic heterocycles. The Hall–Kier alpha value is -1.19. The van der Waals surface area contributed by atoms with Crippen LogP contribution in [0.5, 0.6) is 0 Å². The molecule has 0 saturated carbocycles. The highest BCUT2D eigenvalue weighted by Crippen LogP contribution is 2.27. The average Bonchev–Trinajstić information content (AvgIpc) is 2.99. The SMILES string of the molecule is CC1CCCCCC/C=C\CCCCCCCC(=O)O[C@@H]2C(CO)O[C@@H](O[C@@H](C)[C@@H](OC(CO)[C@@H](O)CO)O1)C(O)[C@H]2O. The molecule has 0 aromatic rings. The van der Waals surface area contributed by atoms with Crippen LogP contribution in [0.3, 0.4) is 0 Å². The molecule has 252 valence electrons. The molecule has 0 aromatic carbocycles. The molecular weight excluding hydrogens is 564 g/mol. The van der Waals surface area contributed by atoms with Crippen molar-refractivity contribution in [2.24, 2.45) is 0 Å². The lowest BCUT2D eigenvalue weighted by atomic mass is 9.98. The molecule has 0 aromatic heterocycles. The second kappa shape index (κ2) is 21.5. The predicted octanol–water partition coefficient (Wildman–Crippen LogP) is 1.85. The van der Waals surface area contributed by atoms with Gasteiger partial charge in [-0.15, -0.1) is 0 Å². The molecule has 0 amide bonds. The summed E-state index contributed by atoms with van der Waals surface area (Å²) in [6.07, 6.45) is 4.21. The Labute approximate surface area is 255 Å². The van der Waals surface area contributed by atoms with Gasteiger partial charge in [0, 0.05) is 6.42 Å². The maximum atomic E-state index is 12.5. The minimum Gasteiger partial charge on any atom is -0.457 e. The number of carbonyl (C=O) groups excluding carboxylic acids is 1. The summed E-state index contributed by atoms with van der Waals surface area (Å²) in [6.45, 7) is 1.59. The van der Waals surface area contributed by atoms with Crippen molar-refractivity contribution >= 4 is 5.97 Å². The molecule has 6 N–H and O–H groups in total. The quantitative estimate of drug-likeness (QED) is 0.187. The van der Waals surface area contributed by atoms with Crippen LogP contribution in [0.4, 0.5) is 0 Å². The molecule has 0 radical (unpaired) electrons. The monoisotopic (exact) mass is 620 g/mol. The van der Waals surface area contributed by atoms with Crippen LogP contribution in [0.15, 0.2) is 12.2 Å². The Bertz CT molecular complexity index is 765.